The molecule has 0 saturated heterocycles. The molecule has 7 nitrogen and oxygen atoms in total. The number of nitrogens with one attached hydrogen (secondary N) is 2. The van der Waals surface area contributed by atoms with E-state index in [0.717, 1.165) is 5.56 Å². The van der Waals surface area contributed by atoms with Crippen molar-refractivity contribution in [2.24, 2.45) is 0 Å². The van der Waals surface area contributed by atoms with Crippen molar-refractivity contribution in [3.8, 4) is 5.75 Å². The lowest BCUT2D eigenvalue weighted by Crippen LogP contribution is -2.20. The third kappa shape index (κ3) is 3.41. The van der Waals surface area contributed by atoms with Crippen LogP contribution < -0.4 is 5.32 Å². The highest BCUT2D eigenvalue weighted by Gasteiger charge is 1.99. The number of phenolic OH excluding ortho intramolecular Hbond substituents is 1. The summed E-state index contributed by atoms with van der Waals surface area (Å²) >= 11 is 0. The third-order valence-electron chi connectivity index (χ3n) is 2.13. The molecular formula is C11H11N5O2. The number of carbonyl (C=O) groups is 1. The van der Waals surface area contributed by atoms with Crippen LogP contribution in [0.25, 0.3) is 6.08 Å². The second-order valence-corrected chi connectivity index (χ2v) is 3.47. The van der Waals surface area contributed by atoms with Crippen molar-refractivity contribution in [1.82, 2.24) is 25.9 Å². The Morgan fingerprint density at radius 1 is 1.39 bits per heavy atom. The molecule has 0 aliphatic heterocycles. The van der Waals surface area contributed by atoms with Gasteiger partial charge in [-0.15, -0.1) is 10.2 Å². The summed E-state index contributed by atoms with van der Waals surface area (Å²) in [4.78, 5) is 11.4. The van der Waals surface area contributed by atoms with Crippen LogP contribution in [0.4, 0.5) is 0 Å². The minimum absolute atomic E-state index is 0.189. The zero-order valence-electron chi connectivity index (χ0n) is 9.37. The molecule has 2 aromatic rings. The van der Waals surface area contributed by atoms with E-state index < -0.39 is 0 Å². The van der Waals surface area contributed by atoms with Gasteiger partial charge in [0.25, 0.3) is 0 Å². The molecule has 1 amide bonds. The summed E-state index contributed by atoms with van der Waals surface area (Å²) in [7, 11) is 0. The van der Waals surface area contributed by atoms with Crippen molar-refractivity contribution in [3.63, 3.8) is 0 Å². The summed E-state index contributed by atoms with van der Waals surface area (Å²) in [5.74, 6) is 0.350. The Hall–Kier alpha value is -2.70. The molecule has 3 N–H and O–H groups in total. The Morgan fingerprint density at radius 3 is 2.83 bits per heavy atom. The van der Waals surface area contributed by atoms with E-state index in [1.54, 1.807) is 30.3 Å². The first kappa shape index (κ1) is 11.8. The fourth-order valence-corrected chi connectivity index (χ4v) is 1.24. The van der Waals surface area contributed by atoms with E-state index in [4.69, 9.17) is 5.11 Å². The Bertz CT molecular complexity index is 533. The van der Waals surface area contributed by atoms with Crippen LogP contribution in [-0.4, -0.2) is 31.6 Å². The quantitative estimate of drug-likeness (QED) is 0.669. The number of benzene rings is 1. The molecule has 18 heavy (non-hydrogen) atoms. The average molecular weight is 245 g/mol. The number of aromatic amines is 1. The number of H-pyrrole nitrogens is 1. The van der Waals surface area contributed by atoms with Gasteiger partial charge in [0, 0.05) is 6.08 Å². The molecule has 0 fully saturated rings. The highest BCUT2D eigenvalue weighted by atomic mass is 16.3. The van der Waals surface area contributed by atoms with Gasteiger partial charge in [-0.25, -0.2) is 0 Å². The van der Waals surface area contributed by atoms with Gasteiger partial charge in [-0.05, 0) is 23.8 Å². The number of aromatic nitrogens is 4. The van der Waals surface area contributed by atoms with E-state index >= 15 is 0 Å². The van der Waals surface area contributed by atoms with Gasteiger partial charge >= 0.3 is 0 Å². The van der Waals surface area contributed by atoms with E-state index in [-0.39, 0.29) is 18.2 Å². The van der Waals surface area contributed by atoms with Crippen LogP contribution in [0.15, 0.2) is 30.3 Å². The van der Waals surface area contributed by atoms with Crippen molar-refractivity contribution >= 4 is 12.0 Å². The molecule has 0 bridgehead atoms. The molecule has 1 heterocycles. The first-order valence-electron chi connectivity index (χ1n) is 5.21. The van der Waals surface area contributed by atoms with Gasteiger partial charge in [-0.2, -0.15) is 5.21 Å². The molecule has 7 heteroatoms. The number of tetrazole rings is 1. The van der Waals surface area contributed by atoms with Crippen LogP contribution in [-0.2, 0) is 11.3 Å². The molecule has 0 spiro atoms. The molecule has 1 aromatic heterocycles. The first-order chi connectivity index (χ1) is 8.74. The van der Waals surface area contributed by atoms with Crippen LogP contribution in [0.5, 0.6) is 5.75 Å². The molecule has 0 unspecified atom stereocenters. The van der Waals surface area contributed by atoms with Gasteiger partial charge in [0.05, 0.1) is 6.54 Å². The Balaban J connectivity index is 1.85. The van der Waals surface area contributed by atoms with Gasteiger partial charge in [-0.1, -0.05) is 17.3 Å². The maximum atomic E-state index is 11.4. The standard InChI is InChI=1S/C11H11N5O2/c17-9-4-1-8(2-5-9)3-6-11(18)12-7-10-13-15-16-14-10/h1-6,17H,7H2,(H,12,18)(H,13,14,15,16). The van der Waals surface area contributed by atoms with E-state index in [0.29, 0.717) is 5.82 Å². The maximum absolute atomic E-state index is 11.4. The van der Waals surface area contributed by atoms with Crippen molar-refractivity contribution in [1.29, 1.82) is 0 Å². The molecule has 2 rings (SSSR count). The average Bonchev–Trinajstić information content (AvgIpc) is 2.89. The van der Waals surface area contributed by atoms with Gasteiger partial charge in [-0.3, -0.25) is 4.79 Å². The lowest BCUT2D eigenvalue weighted by molar-refractivity contribution is -0.116. The molecular weight excluding hydrogens is 234 g/mol. The number of amides is 1. The van der Waals surface area contributed by atoms with E-state index in [1.807, 2.05) is 0 Å². The number of hydrogen-bond donors (Lipinski definition) is 3. The second-order valence-electron chi connectivity index (χ2n) is 3.47. The zero-order valence-corrected chi connectivity index (χ0v) is 9.37. The normalized spacial score (nSPS) is 10.7. The number of carbonyl (C=O) groups excluding carboxylic acids is 1. The van der Waals surface area contributed by atoms with Crippen LogP contribution in [0.3, 0.4) is 0 Å². The monoisotopic (exact) mass is 245 g/mol. The smallest absolute Gasteiger partial charge is 0.244 e. The number of hydrogen-bond acceptors (Lipinski definition) is 5. The zero-order chi connectivity index (χ0) is 12.8. The van der Waals surface area contributed by atoms with Crippen LogP contribution >= 0.6 is 0 Å². The minimum atomic E-state index is -0.257. The Kier molecular flexibility index (Phi) is 3.65. The summed E-state index contributed by atoms with van der Waals surface area (Å²) in [5, 5.41) is 24.8. The lowest BCUT2D eigenvalue weighted by Gasteiger charge is -1.97. The fourth-order valence-electron chi connectivity index (χ4n) is 1.24. The van der Waals surface area contributed by atoms with Crippen molar-refractivity contribution in [2.45, 2.75) is 6.54 Å². The molecule has 92 valence electrons. The largest absolute Gasteiger partial charge is 0.508 e. The predicted octanol–water partition coefficient (Wildman–Crippen LogP) is 0.235. The summed E-state index contributed by atoms with van der Waals surface area (Å²) in [6.45, 7) is 0.218. The minimum Gasteiger partial charge on any atom is -0.508 e. The maximum Gasteiger partial charge on any atom is 0.244 e. The van der Waals surface area contributed by atoms with Gasteiger partial charge < -0.3 is 10.4 Å². The van der Waals surface area contributed by atoms with Gasteiger partial charge in [0.1, 0.15) is 5.75 Å². The summed E-state index contributed by atoms with van der Waals surface area (Å²) in [6.07, 6.45) is 3.04. The Morgan fingerprint density at radius 2 is 2.17 bits per heavy atom. The topological polar surface area (TPSA) is 104 Å². The molecule has 0 radical (unpaired) electrons. The predicted molar refractivity (Wildman–Crippen MR) is 63.2 cm³/mol. The first-order valence-corrected chi connectivity index (χ1v) is 5.21. The van der Waals surface area contributed by atoms with Crippen LogP contribution in [0, 0.1) is 0 Å². The highest BCUT2D eigenvalue weighted by Crippen LogP contribution is 2.10. The number of aromatic hydroxyl groups is 1. The summed E-state index contributed by atoms with van der Waals surface area (Å²) < 4.78 is 0. The summed E-state index contributed by atoms with van der Waals surface area (Å²) in [6, 6.07) is 6.52. The molecule has 0 saturated carbocycles. The molecule has 1 aromatic carbocycles. The van der Waals surface area contributed by atoms with Crippen LogP contribution in [0.2, 0.25) is 0 Å². The molecule has 0 atom stereocenters. The van der Waals surface area contributed by atoms with Crippen molar-refractivity contribution < 1.29 is 9.90 Å². The highest BCUT2D eigenvalue weighted by molar-refractivity contribution is 5.91. The van der Waals surface area contributed by atoms with E-state index in [1.165, 1.54) is 6.08 Å². The molecule has 0 aliphatic carbocycles. The fraction of sp³-hybridized carbons (Fsp3) is 0.0909. The number of phenols is 1. The Labute approximate surface area is 103 Å². The van der Waals surface area contributed by atoms with Crippen molar-refractivity contribution in [2.75, 3.05) is 0 Å². The lowest BCUT2D eigenvalue weighted by atomic mass is 10.2. The van der Waals surface area contributed by atoms with Gasteiger partial charge in [0.2, 0.25) is 5.91 Å². The SMILES string of the molecule is O=C(C=Cc1ccc(O)cc1)NCc1nn[nH]n1. The number of nitrogens with zero attached hydrogens (tertiary/aromatic N) is 3. The van der Waals surface area contributed by atoms with E-state index in [2.05, 4.69) is 25.9 Å². The molecule has 0 aliphatic rings. The van der Waals surface area contributed by atoms with Crippen LogP contribution in [0.1, 0.15) is 11.4 Å². The van der Waals surface area contributed by atoms with E-state index in [9.17, 15) is 4.79 Å². The van der Waals surface area contributed by atoms with Crippen molar-refractivity contribution in [3.05, 3.63) is 41.7 Å². The third-order valence-corrected chi connectivity index (χ3v) is 2.13. The summed E-state index contributed by atoms with van der Waals surface area (Å²) in [5.41, 5.74) is 0.822. The number of rotatable bonds is 4. The van der Waals surface area contributed by atoms with Gasteiger partial charge in [0.15, 0.2) is 5.82 Å². The second kappa shape index (κ2) is 5.58.